The van der Waals surface area contributed by atoms with E-state index in [9.17, 15) is 0 Å². The molecule has 4 aromatic carbocycles. The summed E-state index contributed by atoms with van der Waals surface area (Å²) in [5, 5.41) is 5.45. The van der Waals surface area contributed by atoms with Crippen molar-refractivity contribution in [1.82, 2.24) is 4.98 Å². The van der Waals surface area contributed by atoms with Crippen LogP contribution in [0.2, 0.25) is 0 Å². The van der Waals surface area contributed by atoms with E-state index in [4.69, 9.17) is 0 Å². The maximum atomic E-state index is 4.60. The molecular weight excluding hydrogens is 376 g/mol. The Morgan fingerprint density at radius 2 is 1.32 bits per heavy atom. The Labute approximate surface area is 183 Å². The van der Waals surface area contributed by atoms with Crippen LogP contribution in [0.15, 0.2) is 104 Å². The van der Waals surface area contributed by atoms with E-state index in [2.05, 4.69) is 107 Å². The number of fused-ring (bicyclic) bond motifs is 2. The summed E-state index contributed by atoms with van der Waals surface area (Å²) in [7, 11) is 0. The summed E-state index contributed by atoms with van der Waals surface area (Å²) in [5.41, 5.74) is 3.96. The molecule has 0 aliphatic carbocycles. The van der Waals surface area contributed by atoms with E-state index in [1.165, 1.54) is 38.4 Å². The molecule has 0 fully saturated rings. The van der Waals surface area contributed by atoms with Crippen LogP contribution in [0.3, 0.4) is 0 Å². The number of benzene rings is 4. The van der Waals surface area contributed by atoms with Crippen molar-refractivity contribution in [2.75, 3.05) is 0 Å². The second-order valence-electron chi connectivity index (χ2n) is 8.21. The van der Waals surface area contributed by atoms with Crippen LogP contribution < -0.4 is 4.57 Å². The van der Waals surface area contributed by atoms with Crippen molar-refractivity contribution in [2.45, 2.75) is 32.2 Å². The molecule has 5 aromatic rings. The van der Waals surface area contributed by atoms with Crippen LogP contribution in [0.25, 0.3) is 21.5 Å². The smallest absolute Gasteiger partial charge is 0.190 e. The molecule has 0 bridgehead atoms. The minimum Gasteiger partial charge on any atom is -0.249 e. The summed E-state index contributed by atoms with van der Waals surface area (Å²) in [6.07, 6.45) is 10.6. The lowest BCUT2D eigenvalue weighted by Crippen LogP contribution is -2.34. The molecule has 1 heterocycles. The third-order valence-electron chi connectivity index (χ3n) is 6.01. The number of hydrogen-bond acceptors (Lipinski definition) is 1. The topological polar surface area (TPSA) is 16.8 Å². The lowest BCUT2D eigenvalue weighted by molar-refractivity contribution is -0.689. The van der Waals surface area contributed by atoms with Crippen molar-refractivity contribution in [1.29, 1.82) is 0 Å². The number of rotatable bonds is 7. The fourth-order valence-corrected chi connectivity index (χ4v) is 4.49. The first-order valence-corrected chi connectivity index (χ1v) is 11.1. The third-order valence-corrected chi connectivity index (χ3v) is 6.01. The Kier molecular flexibility index (Phi) is 5.70. The summed E-state index contributed by atoms with van der Waals surface area (Å²) < 4.78 is 2.23. The average Bonchev–Trinajstić information content (AvgIpc) is 2.82. The highest BCUT2D eigenvalue weighted by molar-refractivity contribution is 6.02. The molecule has 0 amide bonds. The first-order chi connectivity index (χ1) is 15.4. The molecule has 152 valence electrons. The van der Waals surface area contributed by atoms with Crippen LogP contribution in [-0.2, 0) is 19.4 Å². The Hall–Kier alpha value is -3.52. The van der Waals surface area contributed by atoms with Crippen LogP contribution in [0, 0.1) is 0 Å². The number of aromatic nitrogens is 2. The van der Waals surface area contributed by atoms with E-state index < -0.39 is 0 Å². The van der Waals surface area contributed by atoms with E-state index in [-0.39, 0.29) is 0 Å². The highest BCUT2D eigenvalue weighted by atomic mass is 15.0. The van der Waals surface area contributed by atoms with Crippen molar-refractivity contribution < 1.29 is 4.57 Å². The van der Waals surface area contributed by atoms with Gasteiger partial charge in [-0.25, -0.2) is 4.98 Å². The summed E-state index contributed by atoms with van der Waals surface area (Å²) >= 11 is 0. The molecule has 31 heavy (non-hydrogen) atoms. The average molecular weight is 404 g/mol. The minimum absolute atomic E-state index is 0.887. The molecule has 0 saturated carbocycles. The summed E-state index contributed by atoms with van der Waals surface area (Å²) in [6.45, 7) is 0.887. The van der Waals surface area contributed by atoms with Gasteiger partial charge in [0.1, 0.15) is 5.69 Å². The molecule has 5 rings (SSSR count). The third kappa shape index (κ3) is 4.49. The van der Waals surface area contributed by atoms with Gasteiger partial charge in [0, 0.05) is 5.56 Å². The van der Waals surface area contributed by atoms with Gasteiger partial charge >= 0.3 is 0 Å². The van der Waals surface area contributed by atoms with E-state index in [1.807, 2.05) is 6.20 Å². The maximum Gasteiger partial charge on any atom is 0.190 e. The van der Waals surface area contributed by atoms with Crippen molar-refractivity contribution in [2.24, 2.45) is 0 Å². The highest BCUT2D eigenvalue weighted by Crippen LogP contribution is 2.29. The van der Waals surface area contributed by atoms with Gasteiger partial charge in [-0.05, 0) is 58.9 Å². The van der Waals surface area contributed by atoms with Crippen LogP contribution in [0.4, 0.5) is 0 Å². The van der Waals surface area contributed by atoms with E-state index in [0.717, 1.165) is 32.2 Å². The van der Waals surface area contributed by atoms with Crippen molar-refractivity contribution in [3.8, 4) is 0 Å². The quantitative estimate of drug-likeness (QED) is 0.177. The van der Waals surface area contributed by atoms with Gasteiger partial charge < -0.3 is 0 Å². The maximum absolute atomic E-state index is 4.60. The van der Waals surface area contributed by atoms with Gasteiger partial charge in [0.25, 0.3) is 0 Å². The molecule has 2 nitrogen and oxygen atoms in total. The molecule has 0 aliphatic heterocycles. The van der Waals surface area contributed by atoms with Gasteiger partial charge in [0.15, 0.2) is 18.9 Å². The summed E-state index contributed by atoms with van der Waals surface area (Å²) in [6, 6.07) is 30.4. The van der Waals surface area contributed by atoms with Gasteiger partial charge in [-0.2, -0.15) is 4.57 Å². The van der Waals surface area contributed by atoms with E-state index in [1.54, 1.807) is 0 Å². The van der Waals surface area contributed by atoms with Gasteiger partial charge in [-0.15, -0.1) is 0 Å². The van der Waals surface area contributed by atoms with Gasteiger partial charge in [-0.1, -0.05) is 78.9 Å². The van der Waals surface area contributed by atoms with Crippen LogP contribution >= 0.6 is 0 Å². The summed E-state index contributed by atoms with van der Waals surface area (Å²) in [4.78, 5) is 4.60. The van der Waals surface area contributed by atoms with Gasteiger partial charge in [-0.3, -0.25) is 0 Å². The molecule has 0 aliphatic rings. The number of hydrogen-bond donors (Lipinski definition) is 0. The fraction of sp³-hybridized carbons (Fsp3) is 0.172. The zero-order chi connectivity index (χ0) is 20.9. The van der Waals surface area contributed by atoms with Crippen LogP contribution in [0.1, 0.15) is 29.7 Å². The SMILES string of the molecule is c1ccc(C[n+]2ccnc(CCCCc3c4ccccc4cc4ccccc34)c2)cc1. The minimum atomic E-state index is 0.887. The summed E-state index contributed by atoms with van der Waals surface area (Å²) in [5.74, 6) is 0. The normalized spacial score (nSPS) is 11.2. The number of unbranched alkanes of at least 4 members (excludes halogenated alkanes) is 1. The number of nitrogens with zero attached hydrogens (tertiary/aromatic N) is 2. The largest absolute Gasteiger partial charge is 0.249 e. The molecule has 0 atom stereocenters. The molecule has 1 aromatic heterocycles. The monoisotopic (exact) mass is 403 g/mol. The molecule has 0 N–H and O–H groups in total. The predicted octanol–water partition coefficient (Wildman–Crippen LogP) is 6.29. The highest BCUT2D eigenvalue weighted by Gasteiger charge is 2.09. The first kappa shape index (κ1) is 19.4. The second kappa shape index (κ2) is 9.09. The Bertz CT molecular complexity index is 1250. The Balaban J connectivity index is 1.28. The lowest BCUT2D eigenvalue weighted by atomic mass is 9.93. The van der Waals surface area contributed by atoms with Crippen molar-refractivity contribution >= 4 is 21.5 Å². The molecule has 0 radical (unpaired) electrons. The Morgan fingerprint density at radius 1 is 0.677 bits per heavy atom. The van der Waals surface area contributed by atoms with E-state index >= 15 is 0 Å². The van der Waals surface area contributed by atoms with Gasteiger partial charge in [0.2, 0.25) is 0 Å². The standard InChI is InChI=1S/C29H27N2/c1-2-10-23(11-3-1)21-31-19-18-30-26(22-31)14-6-9-17-29-27-15-7-4-12-24(27)20-25-13-5-8-16-28(25)29/h1-5,7-8,10-13,15-16,18-20,22H,6,9,14,17,21H2/q+1. The van der Waals surface area contributed by atoms with Crippen LogP contribution in [-0.4, -0.2) is 4.98 Å². The molecule has 0 spiro atoms. The number of aryl methyl sites for hydroxylation is 2. The Morgan fingerprint density at radius 3 is 2.06 bits per heavy atom. The van der Waals surface area contributed by atoms with Crippen LogP contribution in [0.5, 0.6) is 0 Å². The lowest BCUT2D eigenvalue weighted by Gasteiger charge is -2.11. The molecule has 0 saturated heterocycles. The predicted molar refractivity (Wildman–Crippen MR) is 128 cm³/mol. The zero-order valence-electron chi connectivity index (χ0n) is 17.7. The molecular formula is C29H27N2+. The molecule has 2 heteroatoms. The van der Waals surface area contributed by atoms with Gasteiger partial charge in [0.05, 0.1) is 6.20 Å². The fourth-order valence-electron chi connectivity index (χ4n) is 4.49. The molecule has 0 unspecified atom stereocenters. The first-order valence-electron chi connectivity index (χ1n) is 11.1. The van der Waals surface area contributed by atoms with Crippen molar-refractivity contribution in [3.05, 3.63) is 120 Å². The van der Waals surface area contributed by atoms with Crippen molar-refractivity contribution in [3.63, 3.8) is 0 Å². The second-order valence-corrected chi connectivity index (χ2v) is 8.21. The van der Waals surface area contributed by atoms with E-state index in [0.29, 0.717) is 0 Å². The zero-order valence-corrected chi connectivity index (χ0v) is 17.7.